The molecule has 1 aliphatic carbocycles. The van der Waals surface area contributed by atoms with Crippen LogP contribution in [0.15, 0.2) is 18.3 Å². The van der Waals surface area contributed by atoms with Gasteiger partial charge in [-0.15, -0.1) is 0 Å². The number of carbonyl (C=O) groups excluding carboxylic acids is 1. The van der Waals surface area contributed by atoms with Crippen molar-refractivity contribution in [2.75, 3.05) is 48.4 Å². The Morgan fingerprint density at radius 1 is 1.27 bits per heavy atom. The van der Waals surface area contributed by atoms with Gasteiger partial charge < -0.3 is 19.9 Å². The van der Waals surface area contributed by atoms with Gasteiger partial charge in [0.1, 0.15) is 12.4 Å². The normalized spacial score (nSPS) is 17.4. The number of nitrogens with zero attached hydrogens (tertiary/aromatic N) is 5. The zero-order valence-electron chi connectivity index (χ0n) is 14.7. The Balaban J connectivity index is 1.31. The number of anilines is 3. The lowest BCUT2D eigenvalue weighted by atomic mass is 10.3. The number of rotatable bonds is 6. The molecule has 0 atom stereocenters. The van der Waals surface area contributed by atoms with Crippen LogP contribution in [0.2, 0.25) is 0 Å². The first-order valence-electron chi connectivity index (χ1n) is 8.81. The average molecular weight is 374 g/mol. The molecule has 2 fully saturated rings. The van der Waals surface area contributed by atoms with E-state index in [2.05, 4.69) is 29.5 Å². The third kappa shape index (κ3) is 3.94. The molecule has 3 heterocycles. The molecule has 8 nitrogen and oxygen atoms in total. The lowest BCUT2D eigenvalue weighted by Crippen LogP contribution is -2.46. The van der Waals surface area contributed by atoms with Gasteiger partial charge >= 0.3 is 0 Å². The summed E-state index contributed by atoms with van der Waals surface area (Å²) in [6.45, 7) is 4.03. The van der Waals surface area contributed by atoms with Crippen LogP contribution in [0.4, 0.5) is 16.6 Å². The van der Waals surface area contributed by atoms with Gasteiger partial charge in [0.05, 0.1) is 11.9 Å². The number of ether oxygens (including phenoxy) is 1. The van der Waals surface area contributed by atoms with E-state index in [4.69, 9.17) is 4.74 Å². The summed E-state index contributed by atoms with van der Waals surface area (Å²) in [5.74, 6) is 1.64. The Morgan fingerprint density at radius 3 is 2.69 bits per heavy atom. The van der Waals surface area contributed by atoms with E-state index in [1.165, 1.54) is 11.5 Å². The summed E-state index contributed by atoms with van der Waals surface area (Å²) < 4.78 is 9.39. The summed E-state index contributed by atoms with van der Waals surface area (Å²) in [5.41, 5.74) is 1.08. The minimum absolute atomic E-state index is 0.0868. The van der Waals surface area contributed by atoms with E-state index in [1.54, 1.807) is 7.11 Å². The Labute approximate surface area is 156 Å². The Hall–Kier alpha value is -2.26. The van der Waals surface area contributed by atoms with Crippen molar-refractivity contribution in [3.8, 4) is 0 Å². The molecule has 0 aromatic carbocycles. The van der Waals surface area contributed by atoms with Gasteiger partial charge in [0.25, 0.3) is 0 Å². The van der Waals surface area contributed by atoms with Crippen LogP contribution >= 0.6 is 11.5 Å². The van der Waals surface area contributed by atoms with Gasteiger partial charge in [-0.25, -0.2) is 9.97 Å². The second kappa shape index (κ2) is 7.55. The van der Waals surface area contributed by atoms with Gasteiger partial charge in [-0.3, -0.25) is 4.79 Å². The summed E-state index contributed by atoms with van der Waals surface area (Å²) in [4.78, 5) is 25.2. The quantitative estimate of drug-likeness (QED) is 0.825. The molecular weight excluding hydrogens is 352 g/mol. The van der Waals surface area contributed by atoms with Crippen LogP contribution in [0.25, 0.3) is 0 Å². The maximum absolute atomic E-state index is 11.8. The topological polar surface area (TPSA) is 83.5 Å². The van der Waals surface area contributed by atoms with Gasteiger partial charge in [0.2, 0.25) is 11.0 Å². The van der Waals surface area contributed by atoms with Gasteiger partial charge in [0.15, 0.2) is 5.82 Å². The second-order valence-electron chi connectivity index (χ2n) is 6.57. The monoisotopic (exact) mass is 374 g/mol. The number of hydrogen-bond donors (Lipinski definition) is 1. The van der Waals surface area contributed by atoms with Crippen molar-refractivity contribution in [1.29, 1.82) is 0 Å². The molecule has 1 amide bonds. The molecule has 2 aliphatic rings. The van der Waals surface area contributed by atoms with E-state index in [9.17, 15) is 4.79 Å². The first kappa shape index (κ1) is 17.2. The van der Waals surface area contributed by atoms with E-state index in [0.29, 0.717) is 12.4 Å². The maximum Gasteiger partial charge on any atom is 0.228 e. The van der Waals surface area contributed by atoms with E-state index in [-0.39, 0.29) is 11.8 Å². The summed E-state index contributed by atoms with van der Waals surface area (Å²) in [5, 5.41) is 3.83. The van der Waals surface area contributed by atoms with E-state index < -0.39 is 0 Å². The van der Waals surface area contributed by atoms with Gasteiger partial charge in [-0.2, -0.15) is 4.37 Å². The Kier molecular flexibility index (Phi) is 4.98. The molecule has 1 saturated heterocycles. The van der Waals surface area contributed by atoms with Crippen LogP contribution in [-0.4, -0.2) is 53.5 Å². The minimum Gasteiger partial charge on any atom is -0.377 e. The molecule has 1 saturated carbocycles. The summed E-state index contributed by atoms with van der Waals surface area (Å²) in [7, 11) is 1.65. The smallest absolute Gasteiger partial charge is 0.228 e. The molecule has 0 unspecified atom stereocenters. The van der Waals surface area contributed by atoms with Gasteiger partial charge in [-0.1, -0.05) is 0 Å². The fourth-order valence-corrected chi connectivity index (χ4v) is 3.66. The number of aromatic nitrogens is 3. The molecule has 1 aliphatic heterocycles. The van der Waals surface area contributed by atoms with Crippen LogP contribution < -0.4 is 15.1 Å². The number of piperazine rings is 1. The first-order chi connectivity index (χ1) is 12.7. The largest absolute Gasteiger partial charge is 0.377 e. The van der Waals surface area contributed by atoms with Gasteiger partial charge in [-0.05, 0) is 25.0 Å². The number of pyridine rings is 1. The van der Waals surface area contributed by atoms with Crippen molar-refractivity contribution in [3.63, 3.8) is 0 Å². The predicted molar refractivity (Wildman–Crippen MR) is 101 cm³/mol. The summed E-state index contributed by atoms with van der Waals surface area (Å²) in [6.07, 6.45) is 3.82. The van der Waals surface area contributed by atoms with E-state index in [1.807, 2.05) is 18.3 Å². The molecule has 1 N–H and O–H groups in total. The highest BCUT2D eigenvalue weighted by Crippen LogP contribution is 2.30. The molecule has 2 aromatic heterocycles. The number of nitrogens with one attached hydrogen (secondary N) is 1. The molecule has 9 heteroatoms. The maximum atomic E-state index is 11.8. The second-order valence-corrected chi connectivity index (χ2v) is 7.30. The predicted octanol–water partition coefficient (Wildman–Crippen LogP) is 1.75. The van der Waals surface area contributed by atoms with Crippen LogP contribution in [0.1, 0.15) is 18.7 Å². The zero-order chi connectivity index (χ0) is 17.9. The van der Waals surface area contributed by atoms with Crippen LogP contribution in [0, 0.1) is 5.92 Å². The van der Waals surface area contributed by atoms with E-state index in [0.717, 1.165) is 55.7 Å². The minimum atomic E-state index is 0.0868. The van der Waals surface area contributed by atoms with E-state index >= 15 is 0 Å². The van der Waals surface area contributed by atoms with Crippen molar-refractivity contribution in [2.45, 2.75) is 19.4 Å². The molecule has 26 heavy (non-hydrogen) atoms. The Morgan fingerprint density at radius 2 is 2.04 bits per heavy atom. The SMILES string of the molecule is COCc1nsc(N2CCN(c3ccc(NC(=O)C4CC4)nc3)CC2)n1. The van der Waals surface area contributed by atoms with Crippen molar-refractivity contribution in [2.24, 2.45) is 5.92 Å². The van der Waals surface area contributed by atoms with Crippen molar-refractivity contribution >= 4 is 34.1 Å². The number of hydrogen-bond acceptors (Lipinski definition) is 8. The number of methoxy groups -OCH3 is 1. The highest BCUT2D eigenvalue weighted by Gasteiger charge is 2.29. The average Bonchev–Trinajstić information content (AvgIpc) is 3.43. The molecule has 4 rings (SSSR count). The highest BCUT2D eigenvalue weighted by atomic mass is 32.1. The van der Waals surface area contributed by atoms with Crippen molar-refractivity contribution in [1.82, 2.24) is 14.3 Å². The molecule has 0 spiro atoms. The number of amides is 1. The fraction of sp³-hybridized carbons (Fsp3) is 0.529. The molecule has 0 bridgehead atoms. The molecular formula is C17H22N6O2S. The van der Waals surface area contributed by atoms with Crippen molar-refractivity contribution < 1.29 is 9.53 Å². The third-order valence-corrected chi connectivity index (χ3v) is 5.41. The fourth-order valence-electron chi connectivity index (χ4n) is 2.94. The first-order valence-corrected chi connectivity index (χ1v) is 9.58. The molecule has 138 valence electrons. The van der Waals surface area contributed by atoms with Crippen LogP contribution in [0.3, 0.4) is 0 Å². The standard InChI is InChI=1S/C17H22N6O2S/c1-25-11-15-20-17(26-21-15)23-8-6-22(7-9-23)13-4-5-14(18-10-13)19-16(24)12-2-3-12/h4-5,10,12H,2-3,6-9,11H2,1H3,(H,18,19,24). The van der Waals surface area contributed by atoms with Gasteiger partial charge in [0, 0.05) is 50.7 Å². The third-order valence-electron chi connectivity index (χ3n) is 4.59. The molecule has 0 radical (unpaired) electrons. The van der Waals surface area contributed by atoms with Crippen molar-refractivity contribution in [3.05, 3.63) is 24.2 Å². The zero-order valence-corrected chi connectivity index (χ0v) is 15.5. The van der Waals surface area contributed by atoms with Crippen LogP contribution in [-0.2, 0) is 16.1 Å². The Bertz CT molecular complexity index is 753. The summed E-state index contributed by atoms with van der Waals surface area (Å²) >= 11 is 1.42. The summed E-state index contributed by atoms with van der Waals surface area (Å²) in [6, 6.07) is 3.90. The lowest BCUT2D eigenvalue weighted by Gasteiger charge is -2.35. The lowest BCUT2D eigenvalue weighted by molar-refractivity contribution is -0.117. The highest BCUT2D eigenvalue weighted by molar-refractivity contribution is 7.09. The number of carbonyl (C=O) groups is 1. The van der Waals surface area contributed by atoms with Crippen LogP contribution in [0.5, 0.6) is 0 Å². The molecule has 2 aromatic rings.